The van der Waals surface area contributed by atoms with Crippen molar-refractivity contribution in [3.63, 3.8) is 0 Å². The molecule has 9 heteroatoms. The number of aromatic carboxylic acids is 1. The fourth-order valence-electron chi connectivity index (χ4n) is 1.35. The second-order valence-electron chi connectivity index (χ2n) is 3.41. The predicted molar refractivity (Wildman–Crippen MR) is 63.2 cm³/mol. The third kappa shape index (κ3) is 2.71. The molecule has 1 heterocycles. The van der Waals surface area contributed by atoms with Gasteiger partial charge in [-0.25, -0.2) is 4.79 Å². The first-order chi connectivity index (χ1) is 8.99. The summed E-state index contributed by atoms with van der Waals surface area (Å²) >= 11 is 0.756. The van der Waals surface area contributed by atoms with E-state index in [1.54, 1.807) is 6.92 Å². The predicted octanol–water partition coefficient (Wildman–Crippen LogP) is 2.14. The Bertz CT molecular complexity index is 622. The Kier molecular flexibility index (Phi) is 3.47. The van der Waals surface area contributed by atoms with Crippen LogP contribution in [0.15, 0.2) is 32.7 Å². The van der Waals surface area contributed by atoms with E-state index in [4.69, 9.17) is 9.52 Å². The van der Waals surface area contributed by atoms with Crippen molar-refractivity contribution in [2.24, 2.45) is 0 Å². The second-order valence-corrected chi connectivity index (χ2v) is 4.37. The summed E-state index contributed by atoms with van der Waals surface area (Å²) in [6, 6.07) is 3.81. The molecule has 0 bridgehead atoms. The molecule has 0 aliphatic heterocycles. The van der Waals surface area contributed by atoms with Crippen LogP contribution in [0.25, 0.3) is 0 Å². The van der Waals surface area contributed by atoms with Gasteiger partial charge in [0.15, 0.2) is 0 Å². The maximum atomic E-state index is 11.1. The van der Waals surface area contributed by atoms with Crippen LogP contribution in [0.5, 0.6) is 0 Å². The standard InChI is InChI=1S/C10H7N3O5S/c1-5-11-12-10(18-5)19-8-6(9(14)15)3-2-4-7(8)13(16)17/h2-4H,1H3,(H,14,15). The van der Waals surface area contributed by atoms with Crippen LogP contribution in [0.1, 0.15) is 16.2 Å². The van der Waals surface area contributed by atoms with Crippen LogP contribution in [-0.2, 0) is 0 Å². The Morgan fingerprint density at radius 2 is 2.21 bits per heavy atom. The monoisotopic (exact) mass is 281 g/mol. The summed E-state index contributed by atoms with van der Waals surface area (Å²) in [5.41, 5.74) is -0.504. The summed E-state index contributed by atoms with van der Waals surface area (Å²) < 4.78 is 5.08. The average molecular weight is 281 g/mol. The molecular weight excluding hydrogens is 274 g/mol. The Hall–Kier alpha value is -2.42. The van der Waals surface area contributed by atoms with Crippen molar-refractivity contribution in [3.05, 3.63) is 39.8 Å². The fourth-order valence-corrected chi connectivity index (χ4v) is 2.28. The molecule has 1 aromatic carbocycles. The van der Waals surface area contributed by atoms with E-state index in [2.05, 4.69) is 10.2 Å². The summed E-state index contributed by atoms with van der Waals surface area (Å²) in [5, 5.41) is 27.3. The fraction of sp³-hybridized carbons (Fsp3) is 0.100. The number of benzene rings is 1. The van der Waals surface area contributed by atoms with Gasteiger partial charge >= 0.3 is 5.97 Å². The minimum absolute atomic E-state index is 0.0383. The molecule has 8 nitrogen and oxygen atoms in total. The molecule has 0 aliphatic rings. The molecule has 0 unspecified atom stereocenters. The lowest BCUT2D eigenvalue weighted by Crippen LogP contribution is -2.02. The highest BCUT2D eigenvalue weighted by Crippen LogP contribution is 2.36. The van der Waals surface area contributed by atoms with E-state index in [9.17, 15) is 14.9 Å². The van der Waals surface area contributed by atoms with Gasteiger partial charge in [0.25, 0.3) is 10.9 Å². The van der Waals surface area contributed by atoms with Crippen LogP contribution in [-0.4, -0.2) is 26.2 Å². The first-order valence-electron chi connectivity index (χ1n) is 4.97. The molecule has 98 valence electrons. The molecule has 0 atom stereocenters. The molecule has 2 rings (SSSR count). The number of aryl methyl sites for hydroxylation is 1. The maximum absolute atomic E-state index is 11.1. The number of carbonyl (C=O) groups is 1. The van der Waals surface area contributed by atoms with Crippen LogP contribution in [0, 0.1) is 17.0 Å². The van der Waals surface area contributed by atoms with Crippen molar-refractivity contribution in [1.82, 2.24) is 10.2 Å². The Morgan fingerprint density at radius 1 is 1.47 bits per heavy atom. The normalized spacial score (nSPS) is 10.4. The molecule has 0 fully saturated rings. The zero-order valence-electron chi connectivity index (χ0n) is 9.56. The molecule has 1 N–H and O–H groups in total. The first kappa shape index (κ1) is 13.0. The average Bonchev–Trinajstić information content (AvgIpc) is 2.74. The molecule has 0 radical (unpaired) electrons. The smallest absolute Gasteiger partial charge is 0.337 e. The number of carboxylic acid groups (broad SMARTS) is 1. The second kappa shape index (κ2) is 5.06. The number of nitro groups is 1. The van der Waals surface area contributed by atoms with E-state index >= 15 is 0 Å². The van der Waals surface area contributed by atoms with E-state index in [-0.39, 0.29) is 27.3 Å². The number of carboxylic acids is 1. The SMILES string of the molecule is Cc1nnc(Sc2c(C(=O)O)cccc2[N+](=O)[O-])o1. The number of nitrogens with zero attached hydrogens (tertiary/aromatic N) is 3. The quantitative estimate of drug-likeness (QED) is 0.668. The molecule has 0 saturated carbocycles. The van der Waals surface area contributed by atoms with Gasteiger partial charge in [-0.3, -0.25) is 10.1 Å². The first-order valence-corrected chi connectivity index (χ1v) is 5.79. The zero-order chi connectivity index (χ0) is 14.0. The molecular formula is C10H7N3O5S. The third-order valence-corrected chi connectivity index (χ3v) is 3.09. The van der Waals surface area contributed by atoms with Gasteiger partial charge < -0.3 is 9.52 Å². The largest absolute Gasteiger partial charge is 0.478 e. The van der Waals surface area contributed by atoms with Gasteiger partial charge in [-0.15, -0.1) is 10.2 Å². The highest BCUT2D eigenvalue weighted by molar-refractivity contribution is 7.99. The molecule has 2 aromatic rings. The van der Waals surface area contributed by atoms with E-state index in [0.29, 0.717) is 0 Å². The molecule has 0 saturated heterocycles. The summed E-state index contributed by atoms with van der Waals surface area (Å²) in [7, 11) is 0. The van der Waals surface area contributed by atoms with Crippen LogP contribution < -0.4 is 0 Å². The van der Waals surface area contributed by atoms with E-state index in [0.717, 1.165) is 11.8 Å². The van der Waals surface area contributed by atoms with Gasteiger partial charge in [0.1, 0.15) is 4.90 Å². The summed E-state index contributed by atoms with van der Waals surface area (Å²) in [4.78, 5) is 21.3. The zero-order valence-corrected chi connectivity index (χ0v) is 10.4. The molecule has 0 amide bonds. The van der Waals surface area contributed by atoms with Gasteiger partial charge in [0.05, 0.1) is 10.5 Å². The van der Waals surface area contributed by atoms with Crippen LogP contribution in [0.2, 0.25) is 0 Å². The topological polar surface area (TPSA) is 119 Å². The van der Waals surface area contributed by atoms with Crippen molar-refractivity contribution < 1.29 is 19.2 Å². The van der Waals surface area contributed by atoms with E-state index in [1.807, 2.05) is 0 Å². The Balaban J connectivity index is 2.52. The third-order valence-electron chi connectivity index (χ3n) is 2.12. The van der Waals surface area contributed by atoms with Gasteiger partial charge in [-0.2, -0.15) is 0 Å². The lowest BCUT2D eigenvalue weighted by Gasteiger charge is -2.03. The van der Waals surface area contributed by atoms with E-state index < -0.39 is 10.9 Å². The van der Waals surface area contributed by atoms with Gasteiger partial charge in [-0.1, -0.05) is 6.07 Å². The molecule has 1 aromatic heterocycles. The van der Waals surface area contributed by atoms with Gasteiger partial charge in [-0.05, 0) is 17.8 Å². The highest BCUT2D eigenvalue weighted by atomic mass is 32.2. The highest BCUT2D eigenvalue weighted by Gasteiger charge is 2.24. The Morgan fingerprint density at radius 3 is 2.74 bits per heavy atom. The number of hydrogen-bond acceptors (Lipinski definition) is 7. The molecule has 0 aliphatic carbocycles. The summed E-state index contributed by atoms with van der Waals surface area (Å²) in [6.07, 6.45) is 0. The number of rotatable bonds is 4. The minimum atomic E-state index is -1.26. The van der Waals surface area contributed by atoms with Crippen molar-refractivity contribution in [2.75, 3.05) is 0 Å². The Labute approximate surface area is 110 Å². The molecule has 19 heavy (non-hydrogen) atoms. The summed E-state index contributed by atoms with van der Waals surface area (Å²) in [6.45, 7) is 1.56. The van der Waals surface area contributed by atoms with Crippen molar-refractivity contribution in [3.8, 4) is 0 Å². The maximum Gasteiger partial charge on any atom is 0.337 e. The summed E-state index contributed by atoms with van der Waals surface area (Å²) in [5.74, 6) is -0.972. The van der Waals surface area contributed by atoms with Crippen LogP contribution in [0.4, 0.5) is 5.69 Å². The lowest BCUT2D eigenvalue weighted by molar-refractivity contribution is -0.387. The van der Waals surface area contributed by atoms with Crippen LogP contribution >= 0.6 is 11.8 Å². The van der Waals surface area contributed by atoms with Crippen molar-refractivity contribution in [2.45, 2.75) is 17.0 Å². The van der Waals surface area contributed by atoms with Crippen molar-refractivity contribution >= 4 is 23.4 Å². The van der Waals surface area contributed by atoms with Gasteiger partial charge in [0.2, 0.25) is 5.89 Å². The minimum Gasteiger partial charge on any atom is -0.478 e. The molecule has 0 spiro atoms. The van der Waals surface area contributed by atoms with Crippen molar-refractivity contribution in [1.29, 1.82) is 0 Å². The van der Waals surface area contributed by atoms with Crippen LogP contribution in [0.3, 0.4) is 0 Å². The lowest BCUT2D eigenvalue weighted by atomic mass is 10.2. The number of hydrogen-bond donors (Lipinski definition) is 1. The number of nitro benzene ring substituents is 1. The number of aromatic nitrogens is 2. The van der Waals surface area contributed by atoms with Gasteiger partial charge in [0, 0.05) is 13.0 Å². The van der Waals surface area contributed by atoms with E-state index in [1.165, 1.54) is 18.2 Å².